The number of halogens is 2. The van der Waals surface area contributed by atoms with E-state index < -0.39 is 17.6 Å². The van der Waals surface area contributed by atoms with Crippen molar-refractivity contribution in [1.82, 2.24) is 25.6 Å². The van der Waals surface area contributed by atoms with Crippen molar-refractivity contribution in [1.29, 1.82) is 0 Å². The maximum absolute atomic E-state index is 14.2. The predicted molar refractivity (Wildman–Crippen MR) is 96.7 cm³/mol. The van der Waals surface area contributed by atoms with Crippen LogP contribution in [0.3, 0.4) is 0 Å². The van der Waals surface area contributed by atoms with Crippen LogP contribution in [0.5, 0.6) is 0 Å². The van der Waals surface area contributed by atoms with E-state index in [9.17, 15) is 14.0 Å². The maximum atomic E-state index is 14.2. The molecule has 3 aromatic rings. The van der Waals surface area contributed by atoms with Crippen LogP contribution < -0.4 is 10.9 Å². The number of carbonyl (C=O) groups excluding carboxylic acids is 2. The number of aromatic nitrogens is 3. The second-order valence-electron chi connectivity index (χ2n) is 5.17. The van der Waals surface area contributed by atoms with Crippen molar-refractivity contribution in [2.75, 3.05) is 0 Å². The number of rotatable bonds is 4. The van der Waals surface area contributed by atoms with E-state index in [1.807, 2.05) is 0 Å². The zero-order valence-electron chi connectivity index (χ0n) is 13.2. The fourth-order valence-electron chi connectivity index (χ4n) is 2.12. The van der Waals surface area contributed by atoms with E-state index in [0.29, 0.717) is 11.3 Å². The Morgan fingerprint density at radius 3 is 2.77 bits per heavy atom. The third-order valence-electron chi connectivity index (χ3n) is 3.34. The van der Waals surface area contributed by atoms with Gasteiger partial charge >= 0.3 is 0 Å². The van der Waals surface area contributed by atoms with Crippen LogP contribution in [0.1, 0.15) is 16.1 Å². The third kappa shape index (κ3) is 4.25. The fourth-order valence-corrected chi connectivity index (χ4v) is 2.40. The minimum Gasteiger partial charge on any atom is -0.357 e. The average Bonchev–Trinajstić information content (AvgIpc) is 3.29. The monoisotopic (exact) mass is 417 g/mol. The van der Waals surface area contributed by atoms with Gasteiger partial charge in [-0.1, -0.05) is 6.07 Å². The topological polar surface area (TPSA) is 91.8 Å². The number of hydrazine groups is 1. The Kier molecular flexibility index (Phi) is 5.28. The van der Waals surface area contributed by atoms with Crippen LogP contribution in [0.15, 0.2) is 59.5 Å². The summed E-state index contributed by atoms with van der Waals surface area (Å²) in [6.45, 7) is 0. The van der Waals surface area contributed by atoms with Gasteiger partial charge in [-0.05, 0) is 51.8 Å². The van der Waals surface area contributed by atoms with Gasteiger partial charge in [0.1, 0.15) is 17.2 Å². The largest absolute Gasteiger partial charge is 0.357 e. The highest BCUT2D eigenvalue weighted by Crippen LogP contribution is 2.17. The summed E-state index contributed by atoms with van der Waals surface area (Å²) in [5, 5.41) is 4.02. The first-order valence-electron chi connectivity index (χ1n) is 7.45. The predicted octanol–water partition coefficient (Wildman–Crippen LogP) is 2.58. The molecule has 0 aliphatic heterocycles. The molecule has 1 aromatic carbocycles. The lowest BCUT2D eigenvalue weighted by atomic mass is 10.2. The van der Waals surface area contributed by atoms with Crippen LogP contribution in [0, 0.1) is 5.82 Å². The number of nitrogens with zero attached hydrogens (tertiary/aromatic N) is 2. The molecule has 2 aromatic heterocycles. The van der Waals surface area contributed by atoms with Gasteiger partial charge in [0.25, 0.3) is 11.8 Å². The zero-order chi connectivity index (χ0) is 18.5. The van der Waals surface area contributed by atoms with Crippen molar-refractivity contribution in [2.45, 2.75) is 0 Å². The van der Waals surface area contributed by atoms with E-state index >= 15 is 0 Å². The Hall–Kier alpha value is -3.20. The van der Waals surface area contributed by atoms with Crippen LogP contribution in [-0.2, 0) is 4.79 Å². The Balaban J connectivity index is 1.60. The molecule has 0 radical (unpaired) electrons. The van der Waals surface area contributed by atoms with Crippen LogP contribution in [-0.4, -0.2) is 26.6 Å². The standard InChI is InChI=1S/C17H13BrFN5O2/c18-12-9-21-24(10-12)15-5-3-11(8-13(15)19)4-6-16(25)22-23-17(26)14-2-1-7-20-14/h1-10,20H,(H,22,25)(H,23,26)/b6-4+. The van der Waals surface area contributed by atoms with E-state index in [-0.39, 0.29) is 5.69 Å². The average molecular weight is 418 g/mol. The van der Waals surface area contributed by atoms with Gasteiger partial charge in [-0.3, -0.25) is 20.4 Å². The summed E-state index contributed by atoms with van der Waals surface area (Å²) in [6.07, 6.45) is 7.40. The zero-order valence-corrected chi connectivity index (χ0v) is 14.8. The molecular weight excluding hydrogens is 405 g/mol. The normalized spacial score (nSPS) is 10.8. The molecule has 0 unspecified atom stereocenters. The second-order valence-corrected chi connectivity index (χ2v) is 6.09. The number of benzene rings is 1. The summed E-state index contributed by atoms with van der Waals surface area (Å²) < 4.78 is 16.3. The summed E-state index contributed by atoms with van der Waals surface area (Å²) in [6, 6.07) is 7.72. The van der Waals surface area contributed by atoms with Crippen LogP contribution in [0.4, 0.5) is 4.39 Å². The summed E-state index contributed by atoms with van der Waals surface area (Å²) in [5.74, 6) is -1.51. The van der Waals surface area contributed by atoms with Gasteiger partial charge in [0, 0.05) is 18.5 Å². The molecule has 7 nitrogen and oxygen atoms in total. The number of aromatic amines is 1. The summed E-state index contributed by atoms with van der Waals surface area (Å²) in [7, 11) is 0. The molecule has 0 spiro atoms. The van der Waals surface area contributed by atoms with Crippen molar-refractivity contribution in [3.8, 4) is 5.69 Å². The molecule has 0 aliphatic carbocycles. The van der Waals surface area contributed by atoms with Crippen LogP contribution in [0.2, 0.25) is 0 Å². The lowest BCUT2D eigenvalue weighted by molar-refractivity contribution is -0.117. The molecular formula is C17H13BrFN5O2. The number of hydrogen-bond donors (Lipinski definition) is 3. The highest BCUT2D eigenvalue weighted by molar-refractivity contribution is 9.10. The van der Waals surface area contributed by atoms with Crippen LogP contribution >= 0.6 is 15.9 Å². The Labute approximate surface area is 156 Å². The van der Waals surface area contributed by atoms with E-state index in [0.717, 1.165) is 4.47 Å². The molecule has 0 fully saturated rings. The molecule has 0 saturated heterocycles. The highest BCUT2D eigenvalue weighted by Gasteiger charge is 2.07. The van der Waals surface area contributed by atoms with Crippen molar-refractivity contribution in [3.63, 3.8) is 0 Å². The van der Waals surface area contributed by atoms with E-state index in [1.165, 1.54) is 22.9 Å². The molecule has 0 aliphatic rings. The van der Waals surface area contributed by atoms with Gasteiger partial charge in [-0.25, -0.2) is 9.07 Å². The summed E-state index contributed by atoms with van der Waals surface area (Å²) in [4.78, 5) is 26.1. The molecule has 132 valence electrons. The molecule has 3 N–H and O–H groups in total. The summed E-state index contributed by atoms with van der Waals surface area (Å²) >= 11 is 3.25. The van der Waals surface area contributed by atoms with E-state index in [1.54, 1.807) is 42.9 Å². The minimum atomic E-state index is -0.551. The van der Waals surface area contributed by atoms with Gasteiger partial charge in [0.05, 0.1) is 10.7 Å². The van der Waals surface area contributed by atoms with Gasteiger partial charge in [-0.15, -0.1) is 0 Å². The molecule has 2 amide bonds. The van der Waals surface area contributed by atoms with Gasteiger partial charge in [-0.2, -0.15) is 5.10 Å². The Morgan fingerprint density at radius 1 is 1.27 bits per heavy atom. The molecule has 9 heteroatoms. The van der Waals surface area contributed by atoms with Crippen molar-refractivity contribution in [3.05, 3.63) is 76.5 Å². The third-order valence-corrected chi connectivity index (χ3v) is 3.75. The van der Waals surface area contributed by atoms with E-state index in [2.05, 4.69) is 36.9 Å². The Morgan fingerprint density at radius 2 is 2.12 bits per heavy atom. The number of amides is 2. The molecule has 0 saturated carbocycles. The first-order valence-corrected chi connectivity index (χ1v) is 8.24. The summed E-state index contributed by atoms with van der Waals surface area (Å²) in [5.41, 5.74) is 5.59. The second kappa shape index (κ2) is 7.79. The first kappa shape index (κ1) is 17.6. The van der Waals surface area contributed by atoms with Crippen molar-refractivity contribution in [2.24, 2.45) is 0 Å². The number of carbonyl (C=O) groups is 2. The van der Waals surface area contributed by atoms with Gasteiger partial charge in [0.15, 0.2) is 0 Å². The van der Waals surface area contributed by atoms with Gasteiger partial charge < -0.3 is 4.98 Å². The molecule has 2 heterocycles. The van der Waals surface area contributed by atoms with Crippen molar-refractivity contribution < 1.29 is 14.0 Å². The van der Waals surface area contributed by atoms with Crippen molar-refractivity contribution >= 4 is 33.8 Å². The number of H-pyrrole nitrogens is 1. The molecule has 3 rings (SSSR count). The smallest absolute Gasteiger partial charge is 0.286 e. The first-order chi connectivity index (χ1) is 12.5. The molecule has 0 atom stereocenters. The molecule has 0 bridgehead atoms. The highest BCUT2D eigenvalue weighted by atomic mass is 79.9. The lowest BCUT2D eigenvalue weighted by Gasteiger charge is -2.05. The number of hydrogen-bond acceptors (Lipinski definition) is 3. The van der Waals surface area contributed by atoms with Crippen LogP contribution in [0.25, 0.3) is 11.8 Å². The SMILES string of the molecule is O=C(/C=C/c1ccc(-n2cc(Br)cn2)c(F)c1)NNC(=O)c1ccc[nH]1. The molecule has 26 heavy (non-hydrogen) atoms. The Bertz CT molecular complexity index is 965. The quantitative estimate of drug-likeness (QED) is 0.449. The maximum Gasteiger partial charge on any atom is 0.286 e. The minimum absolute atomic E-state index is 0.288. The number of nitrogens with one attached hydrogen (secondary N) is 3. The van der Waals surface area contributed by atoms with Gasteiger partial charge in [0.2, 0.25) is 0 Å². The fraction of sp³-hybridized carbons (Fsp3) is 0. The lowest BCUT2D eigenvalue weighted by Crippen LogP contribution is -2.40. The van der Waals surface area contributed by atoms with E-state index in [4.69, 9.17) is 0 Å².